The molecule has 1 aliphatic rings. The van der Waals surface area contributed by atoms with Crippen LogP contribution in [0.5, 0.6) is 11.6 Å². The van der Waals surface area contributed by atoms with Crippen molar-refractivity contribution in [2.75, 3.05) is 6.61 Å². The largest absolute Gasteiger partial charge is 0.506 e. The predicted molar refractivity (Wildman–Crippen MR) is 52.6 cm³/mol. The first-order valence-corrected chi connectivity index (χ1v) is 4.59. The zero-order valence-electron chi connectivity index (χ0n) is 7.53. The highest BCUT2D eigenvalue weighted by Gasteiger charge is 2.15. The fourth-order valence-electron chi connectivity index (χ4n) is 1.77. The van der Waals surface area contributed by atoms with Crippen molar-refractivity contribution in [2.45, 2.75) is 6.42 Å². The number of phenols is 1. The molecule has 3 nitrogen and oxygen atoms in total. The molecule has 0 amide bonds. The van der Waals surface area contributed by atoms with E-state index < -0.39 is 0 Å². The maximum absolute atomic E-state index is 9.58. The molecule has 0 bridgehead atoms. The number of aromatic hydroxyl groups is 1. The summed E-state index contributed by atoms with van der Waals surface area (Å²) >= 11 is 0. The van der Waals surface area contributed by atoms with Crippen LogP contribution in [0.4, 0.5) is 0 Å². The number of para-hydroxylation sites is 1. The van der Waals surface area contributed by atoms with Gasteiger partial charge in [0, 0.05) is 17.4 Å². The Morgan fingerprint density at radius 2 is 2.29 bits per heavy atom. The lowest BCUT2D eigenvalue weighted by molar-refractivity contribution is 0.345. The van der Waals surface area contributed by atoms with Crippen LogP contribution in [0.15, 0.2) is 24.3 Å². The molecule has 3 rings (SSSR count). The minimum Gasteiger partial charge on any atom is -0.506 e. The van der Waals surface area contributed by atoms with E-state index in [-0.39, 0.29) is 5.75 Å². The van der Waals surface area contributed by atoms with Crippen LogP contribution in [0, 0.1) is 0 Å². The number of rotatable bonds is 0. The second-order valence-electron chi connectivity index (χ2n) is 3.40. The van der Waals surface area contributed by atoms with E-state index in [1.807, 2.05) is 18.2 Å². The van der Waals surface area contributed by atoms with Gasteiger partial charge in [-0.2, -0.15) is 0 Å². The van der Waals surface area contributed by atoms with Crippen LogP contribution < -0.4 is 4.74 Å². The molecule has 0 saturated carbocycles. The number of hydrogen-bond acceptors (Lipinski definition) is 3. The summed E-state index contributed by atoms with van der Waals surface area (Å²) in [6.45, 7) is 0.694. The van der Waals surface area contributed by atoms with Gasteiger partial charge in [-0.15, -0.1) is 0 Å². The number of hydrogen-bond donors (Lipinski definition) is 1. The van der Waals surface area contributed by atoms with Gasteiger partial charge in [-0.3, -0.25) is 0 Å². The van der Waals surface area contributed by atoms with Crippen LogP contribution in [0.2, 0.25) is 0 Å². The van der Waals surface area contributed by atoms with E-state index in [1.165, 1.54) is 0 Å². The van der Waals surface area contributed by atoms with Gasteiger partial charge in [-0.05, 0) is 12.1 Å². The van der Waals surface area contributed by atoms with Crippen molar-refractivity contribution in [1.29, 1.82) is 0 Å². The number of benzene rings is 1. The second-order valence-corrected chi connectivity index (χ2v) is 3.40. The molecule has 0 aliphatic carbocycles. The van der Waals surface area contributed by atoms with Crippen molar-refractivity contribution in [2.24, 2.45) is 0 Å². The Labute approximate surface area is 81.0 Å². The third-order valence-electron chi connectivity index (χ3n) is 2.47. The smallest absolute Gasteiger partial charge is 0.217 e. The molecule has 3 heteroatoms. The Hall–Kier alpha value is -1.77. The molecule has 2 aromatic rings. The third kappa shape index (κ3) is 0.954. The highest BCUT2D eigenvalue weighted by Crippen LogP contribution is 2.30. The van der Waals surface area contributed by atoms with Crippen LogP contribution in [0.25, 0.3) is 10.9 Å². The SMILES string of the molecule is Oc1cccc2cc3c(nc12)OCC3. The molecule has 70 valence electrons. The van der Waals surface area contributed by atoms with Crippen LogP contribution in [0.3, 0.4) is 0 Å². The van der Waals surface area contributed by atoms with Gasteiger partial charge >= 0.3 is 0 Å². The van der Waals surface area contributed by atoms with Gasteiger partial charge < -0.3 is 9.84 Å². The van der Waals surface area contributed by atoms with E-state index in [2.05, 4.69) is 4.98 Å². The van der Waals surface area contributed by atoms with E-state index in [0.29, 0.717) is 18.0 Å². The van der Waals surface area contributed by atoms with Crippen molar-refractivity contribution in [3.8, 4) is 11.6 Å². The van der Waals surface area contributed by atoms with Gasteiger partial charge in [0.05, 0.1) is 6.61 Å². The Bertz CT molecular complexity index is 508. The summed E-state index contributed by atoms with van der Waals surface area (Å²) in [7, 11) is 0. The summed E-state index contributed by atoms with van der Waals surface area (Å²) in [6.07, 6.45) is 0.911. The molecule has 0 radical (unpaired) electrons. The fourth-order valence-corrected chi connectivity index (χ4v) is 1.77. The highest BCUT2D eigenvalue weighted by atomic mass is 16.5. The molecule has 1 N–H and O–H groups in total. The predicted octanol–water partition coefficient (Wildman–Crippen LogP) is 1.88. The first-order valence-electron chi connectivity index (χ1n) is 4.59. The van der Waals surface area contributed by atoms with Gasteiger partial charge in [0.15, 0.2) is 0 Å². The first kappa shape index (κ1) is 7.62. The molecule has 0 fully saturated rings. The topological polar surface area (TPSA) is 42.4 Å². The number of fused-ring (bicyclic) bond motifs is 2. The third-order valence-corrected chi connectivity index (χ3v) is 2.47. The maximum atomic E-state index is 9.58. The quantitative estimate of drug-likeness (QED) is 0.684. The van der Waals surface area contributed by atoms with E-state index in [0.717, 1.165) is 17.4 Å². The van der Waals surface area contributed by atoms with Crippen molar-refractivity contribution in [3.63, 3.8) is 0 Å². The lowest BCUT2D eigenvalue weighted by Crippen LogP contribution is -1.88. The number of phenolic OH excluding ortho intramolecular Hbond substituents is 1. The monoisotopic (exact) mass is 187 g/mol. The normalized spacial score (nSPS) is 14.0. The van der Waals surface area contributed by atoms with Gasteiger partial charge in [0.2, 0.25) is 5.88 Å². The summed E-state index contributed by atoms with van der Waals surface area (Å²) in [5.74, 6) is 0.875. The Kier molecular flexibility index (Phi) is 1.42. The zero-order valence-corrected chi connectivity index (χ0v) is 7.53. The van der Waals surface area contributed by atoms with Gasteiger partial charge in [0.1, 0.15) is 11.3 Å². The average molecular weight is 187 g/mol. The van der Waals surface area contributed by atoms with Gasteiger partial charge in [-0.25, -0.2) is 4.98 Å². The van der Waals surface area contributed by atoms with Gasteiger partial charge in [-0.1, -0.05) is 12.1 Å². The van der Waals surface area contributed by atoms with Crippen molar-refractivity contribution < 1.29 is 9.84 Å². The summed E-state index contributed by atoms with van der Waals surface area (Å²) in [5, 5.41) is 10.6. The molecule has 14 heavy (non-hydrogen) atoms. The summed E-state index contributed by atoms with van der Waals surface area (Å²) in [4.78, 5) is 4.28. The number of nitrogens with zero attached hydrogens (tertiary/aromatic N) is 1. The van der Waals surface area contributed by atoms with Gasteiger partial charge in [0.25, 0.3) is 0 Å². The first-order chi connectivity index (χ1) is 6.84. The summed E-state index contributed by atoms with van der Waals surface area (Å²) < 4.78 is 5.34. The van der Waals surface area contributed by atoms with Crippen molar-refractivity contribution in [3.05, 3.63) is 29.8 Å². The van der Waals surface area contributed by atoms with E-state index >= 15 is 0 Å². The molecule has 0 spiro atoms. The Morgan fingerprint density at radius 1 is 1.36 bits per heavy atom. The molecule has 0 atom stereocenters. The zero-order chi connectivity index (χ0) is 9.54. The number of ether oxygens (including phenoxy) is 1. The Balaban J connectivity index is 2.39. The minimum atomic E-state index is 0.209. The van der Waals surface area contributed by atoms with E-state index in [1.54, 1.807) is 6.07 Å². The van der Waals surface area contributed by atoms with Crippen LogP contribution in [-0.4, -0.2) is 16.7 Å². The summed E-state index contributed by atoms with van der Waals surface area (Å²) in [5.41, 5.74) is 1.75. The van der Waals surface area contributed by atoms with E-state index in [4.69, 9.17) is 4.74 Å². The van der Waals surface area contributed by atoms with Crippen LogP contribution in [0.1, 0.15) is 5.56 Å². The molecule has 1 aliphatic heterocycles. The van der Waals surface area contributed by atoms with E-state index in [9.17, 15) is 5.11 Å². The van der Waals surface area contributed by atoms with Crippen molar-refractivity contribution >= 4 is 10.9 Å². The molecular weight excluding hydrogens is 178 g/mol. The van der Waals surface area contributed by atoms with Crippen LogP contribution in [-0.2, 0) is 6.42 Å². The summed E-state index contributed by atoms with van der Waals surface area (Å²) in [6, 6.07) is 7.43. The fraction of sp³-hybridized carbons (Fsp3) is 0.182. The molecule has 2 heterocycles. The molecular formula is C11H9NO2. The molecule has 1 aromatic carbocycles. The number of aromatic nitrogens is 1. The maximum Gasteiger partial charge on any atom is 0.217 e. The van der Waals surface area contributed by atoms with Crippen LogP contribution >= 0.6 is 0 Å². The molecule has 0 saturated heterocycles. The molecule has 0 unspecified atom stereocenters. The minimum absolute atomic E-state index is 0.209. The average Bonchev–Trinajstić information content (AvgIpc) is 2.62. The lowest BCUT2D eigenvalue weighted by Gasteiger charge is -2.02. The Morgan fingerprint density at radius 3 is 3.21 bits per heavy atom. The lowest BCUT2D eigenvalue weighted by atomic mass is 10.1. The highest BCUT2D eigenvalue weighted by molar-refractivity contribution is 5.85. The number of pyridine rings is 1. The second kappa shape index (κ2) is 2.61. The van der Waals surface area contributed by atoms with Crippen molar-refractivity contribution in [1.82, 2.24) is 4.98 Å². The standard InChI is InChI=1S/C11H9NO2/c13-9-3-1-2-7-6-8-4-5-14-11(8)12-10(7)9/h1-3,6,13H,4-5H2. The molecule has 1 aromatic heterocycles.